The van der Waals surface area contributed by atoms with Crippen LogP contribution >= 0.6 is 11.8 Å². The summed E-state index contributed by atoms with van der Waals surface area (Å²) in [4.78, 5) is 15.6. The fraction of sp³-hybridized carbons (Fsp3) is 0.385. The molecule has 106 valence electrons. The maximum Gasteiger partial charge on any atom is 0.277 e. The standard InChI is InChI=1S/C13H16N4O2S/c1-3-9(2)15-11(18)8-20-13-17-16-12(19-13)10-4-6-14-7-5-10/h4-7,9H,3,8H2,1-2H3,(H,15,18). The first-order valence-electron chi connectivity index (χ1n) is 6.35. The number of nitrogens with one attached hydrogen (secondary N) is 1. The van der Waals surface area contributed by atoms with E-state index in [9.17, 15) is 4.79 Å². The number of amides is 1. The summed E-state index contributed by atoms with van der Waals surface area (Å²) in [6.45, 7) is 3.99. The number of rotatable bonds is 6. The second kappa shape index (κ2) is 7.04. The molecule has 0 saturated carbocycles. The van der Waals surface area contributed by atoms with Crippen LogP contribution < -0.4 is 5.32 Å². The Morgan fingerprint density at radius 3 is 2.85 bits per heavy atom. The molecule has 2 aromatic rings. The molecule has 0 fully saturated rings. The average molecular weight is 292 g/mol. The zero-order chi connectivity index (χ0) is 14.4. The minimum Gasteiger partial charge on any atom is -0.411 e. The number of hydrogen-bond donors (Lipinski definition) is 1. The van der Waals surface area contributed by atoms with Crippen molar-refractivity contribution in [3.8, 4) is 11.5 Å². The fourth-order valence-electron chi connectivity index (χ4n) is 1.43. The van der Waals surface area contributed by atoms with Crippen LogP contribution in [0.1, 0.15) is 20.3 Å². The molecule has 0 bridgehead atoms. The maximum atomic E-state index is 11.6. The molecule has 0 aromatic carbocycles. The highest BCUT2D eigenvalue weighted by Crippen LogP contribution is 2.22. The van der Waals surface area contributed by atoms with Crippen LogP contribution in [0.5, 0.6) is 0 Å². The molecule has 1 amide bonds. The average Bonchev–Trinajstić information content (AvgIpc) is 2.95. The first-order chi connectivity index (χ1) is 9.69. The molecule has 0 aliphatic carbocycles. The van der Waals surface area contributed by atoms with Crippen molar-refractivity contribution in [1.82, 2.24) is 20.5 Å². The Labute approximate surface area is 121 Å². The molecule has 0 aliphatic rings. The summed E-state index contributed by atoms with van der Waals surface area (Å²) < 4.78 is 5.48. The molecule has 0 saturated heterocycles. The molecule has 0 aliphatic heterocycles. The van der Waals surface area contributed by atoms with Crippen LogP contribution in [-0.4, -0.2) is 32.9 Å². The molecule has 1 atom stereocenters. The van der Waals surface area contributed by atoms with E-state index in [2.05, 4.69) is 20.5 Å². The third-order valence-corrected chi connectivity index (χ3v) is 3.50. The van der Waals surface area contributed by atoms with Crippen LogP contribution in [0.4, 0.5) is 0 Å². The highest BCUT2D eigenvalue weighted by Gasteiger charge is 2.11. The van der Waals surface area contributed by atoms with E-state index in [1.807, 2.05) is 13.8 Å². The predicted molar refractivity (Wildman–Crippen MR) is 76.1 cm³/mol. The molecule has 2 aromatic heterocycles. The third-order valence-electron chi connectivity index (χ3n) is 2.68. The molecule has 1 unspecified atom stereocenters. The lowest BCUT2D eigenvalue weighted by Gasteiger charge is -2.09. The summed E-state index contributed by atoms with van der Waals surface area (Å²) in [6, 6.07) is 3.76. The first kappa shape index (κ1) is 14.5. The summed E-state index contributed by atoms with van der Waals surface area (Å²) in [7, 11) is 0. The SMILES string of the molecule is CCC(C)NC(=O)CSc1nnc(-c2ccncc2)o1. The lowest BCUT2D eigenvalue weighted by atomic mass is 10.3. The number of carbonyl (C=O) groups excluding carboxylic acids is 1. The van der Waals surface area contributed by atoms with Gasteiger partial charge in [-0.15, -0.1) is 10.2 Å². The number of pyridine rings is 1. The Bertz CT molecular complexity index is 559. The molecule has 20 heavy (non-hydrogen) atoms. The van der Waals surface area contributed by atoms with E-state index in [4.69, 9.17) is 4.42 Å². The Morgan fingerprint density at radius 1 is 1.40 bits per heavy atom. The number of thioether (sulfide) groups is 1. The molecular formula is C13H16N4O2S. The van der Waals surface area contributed by atoms with Gasteiger partial charge in [-0.1, -0.05) is 18.7 Å². The van der Waals surface area contributed by atoms with E-state index in [0.717, 1.165) is 12.0 Å². The highest BCUT2D eigenvalue weighted by atomic mass is 32.2. The number of carbonyl (C=O) groups is 1. The van der Waals surface area contributed by atoms with Gasteiger partial charge in [0.1, 0.15) is 0 Å². The normalized spacial score (nSPS) is 12.1. The van der Waals surface area contributed by atoms with Gasteiger partial charge in [0.25, 0.3) is 5.22 Å². The molecule has 6 nitrogen and oxygen atoms in total. The van der Waals surface area contributed by atoms with Crippen LogP contribution in [-0.2, 0) is 4.79 Å². The summed E-state index contributed by atoms with van der Waals surface area (Å²) in [5, 5.41) is 11.1. The van der Waals surface area contributed by atoms with Gasteiger partial charge in [0, 0.05) is 24.0 Å². The molecular weight excluding hydrogens is 276 g/mol. The summed E-state index contributed by atoms with van der Waals surface area (Å²) in [5.41, 5.74) is 0.809. The van der Waals surface area contributed by atoms with Crippen LogP contribution in [0.15, 0.2) is 34.2 Å². The summed E-state index contributed by atoms with van der Waals surface area (Å²) in [6.07, 6.45) is 4.22. The van der Waals surface area contributed by atoms with Crippen molar-refractivity contribution in [2.75, 3.05) is 5.75 Å². The molecule has 0 radical (unpaired) electrons. The molecule has 1 N–H and O–H groups in total. The second-order valence-electron chi connectivity index (χ2n) is 4.27. The highest BCUT2D eigenvalue weighted by molar-refractivity contribution is 7.99. The van der Waals surface area contributed by atoms with Gasteiger partial charge in [0.2, 0.25) is 11.8 Å². The van der Waals surface area contributed by atoms with Gasteiger partial charge < -0.3 is 9.73 Å². The second-order valence-corrected chi connectivity index (χ2v) is 5.20. The van der Waals surface area contributed by atoms with Crippen molar-refractivity contribution < 1.29 is 9.21 Å². The van der Waals surface area contributed by atoms with Crippen molar-refractivity contribution in [3.63, 3.8) is 0 Å². The van der Waals surface area contributed by atoms with E-state index in [0.29, 0.717) is 11.1 Å². The van der Waals surface area contributed by atoms with E-state index in [1.54, 1.807) is 24.5 Å². The van der Waals surface area contributed by atoms with Gasteiger partial charge in [-0.25, -0.2) is 0 Å². The Hall–Kier alpha value is -1.89. The van der Waals surface area contributed by atoms with Crippen LogP contribution in [0, 0.1) is 0 Å². The Morgan fingerprint density at radius 2 is 2.15 bits per heavy atom. The van der Waals surface area contributed by atoms with Crippen molar-refractivity contribution in [2.45, 2.75) is 31.5 Å². The van der Waals surface area contributed by atoms with E-state index >= 15 is 0 Å². The topological polar surface area (TPSA) is 80.9 Å². The Kier molecular flexibility index (Phi) is 5.11. The smallest absolute Gasteiger partial charge is 0.277 e. The van der Waals surface area contributed by atoms with Gasteiger partial charge in [0.05, 0.1) is 5.75 Å². The van der Waals surface area contributed by atoms with Gasteiger partial charge in [-0.2, -0.15) is 0 Å². The Balaban J connectivity index is 1.89. The van der Waals surface area contributed by atoms with Crippen LogP contribution in [0.3, 0.4) is 0 Å². The van der Waals surface area contributed by atoms with Crippen molar-refractivity contribution in [1.29, 1.82) is 0 Å². The van der Waals surface area contributed by atoms with E-state index in [-0.39, 0.29) is 17.7 Å². The number of hydrogen-bond acceptors (Lipinski definition) is 6. The lowest BCUT2D eigenvalue weighted by Crippen LogP contribution is -2.33. The molecule has 2 rings (SSSR count). The number of aromatic nitrogens is 3. The number of nitrogens with zero attached hydrogens (tertiary/aromatic N) is 3. The molecule has 0 spiro atoms. The monoisotopic (exact) mass is 292 g/mol. The van der Waals surface area contributed by atoms with Crippen molar-refractivity contribution in [2.24, 2.45) is 0 Å². The van der Waals surface area contributed by atoms with Crippen molar-refractivity contribution >= 4 is 17.7 Å². The summed E-state index contributed by atoms with van der Waals surface area (Å²) >= 11 is 1.23. The van der Waals surface area contributed by atoms with Gasteiger partial charge >= 0.3 is 0 Å². The van der Waals surface area contributed by atoms with Gasteiger partial charge in [0.15, 0.2) is 0 Å². The maximum absolute atomic E-state index is 11.6. The van der Waals surface area contributed by atoms with E-state index < -0.39 is 0 Å². The predicted octanol–water partition coefficient (Wildman–Crippen LogP) is 2.14. The van der Waals surface area contributed by atoms with Gasteiger partial charge in [-0.3, -0.25) is 9.78 Å². The van der Waals surface area contributed by atoms with Crippen LogP contribution in [0.25, 0.3) is 11.5 Å². The lowest BCUT2D eigenvalue weighted by molar-refractivity contribution is -0.119. The zero-order valence-electron chi connectivity index (χ0n) is 11.4. The third kappa shape index (κ3) is 4.06. The minimum absolute atomic E-state index is 0.0342. The fourth-order valence-corrected chi connectivity index (χ4v) is 2.00. The molecule has 7 heteroatoms. The quantitative estimate of drug-likeness (QED) is 0.822. The van der Waals surface area contributed by atoms with E-state index in [1.165, 1.54) is 11.8 Å². The largest absolute Gasteiger partial charge is 0.411 e. The first-order valence-corrected chi connectivity index (χ1v) is 7.33. The van der Waals surface area contributed by atoms with Gasteiger partial charge in [-0.05, 0) is 25.5 Å². The van der Waals surface area contributed by atoms with Crippen molar-refractivity contribution in [3.05, 3.63) is 24.5 Å². The zero-order valence-corrected chi connectivity index (χ0v) is 12.2. The van der Waals surface area contributed by atoms with Crippen LogP contribution in [0.2, 0.25) is 0 Å². The summed E-state index contributed by atoms with van der Waals surface area (Å²) in [5.74, 6) is 0.660. The minimum atomic E-state index is -0.0342. The molecule has 2 heterocycles.